The number of fused-ring (bicyclic) bond motifs is 2. The van der Waals surface area contributed by atoms with Crippen LogP contribution in [0.4, 0.5) is 4.39 Å². The molecule has 2 N–H and O–H groups in total. The second-order valence-corrected chi connectivity index (χ2v) is 9.42. The number of piperidine rings is 1. The van der Waals surface area contributed by atoms with Gasteiger partial charge in [0.25, 0.3) is 5.91 Å². The van der Waals surface area contributed by atoms with Crippen LogP contribution in [0.25, 0.3) is 11.3 Å². The first kappa shape index (κ1) is 23.3. The lowest BCUT2D eigenvalue weighted by Gasteiger charge is -2.38. The molecule has 2 bridgehead atoms. The smallest absolute Gasteiger partial charge is 0.274 e. The van der Waals surface area contributed by atoms with Crippen molar-refractivity contribution in [3.8, 4) is 17.1 Å². The Morgan fingerprint density at radius 1 is 1.23 bits per heavy atom. The normalized spacial score (nSPS) is 21.1. The third-order valence-electron chi connectivity index (χ3n) is 6.82. The van der Waals surface area contributed by atoms with Gasteiger partial charge in [-0.25, -0.2) is 9.37 Å². The fourth-order valence-electron chi connectivity index (χ4n) is 5.14. The molecule has 3 atom stereocenters. The minimum Gasteiger partial charge on any atom is -0.481 e. The molecule has 182 valence electrons. The molecule has 0 aliphatic carbocycles. The quantitative estimate of drug-likeness (QED) is 0.536. The monoisotopic (exact) mass is 497 g/mol. The molecule has 8 nitrogen and oxygen atoms in total. The maximum Gasteiger partial charge on any atom is 0.274 e. The van der Waals surface area contributed by atoms with Crippen LogP contribution < -0.4 is 10.1 Å². The van der Waals surface area contributed by atoms with Crippen LogP contribution in [0.5, 0.6) is 5.88 Å². The van der Waals surface area contributed by atoms with Crippen LogP contribution in [-0.4, -0.2) is 51.1 Å². The zero-order chi connectivity index (χ0) is 24.5. The van der Waals surface area contributed by atoms with E-state index in [9.17, 15) is 14.0 Å². The van der Waals surface area contributed by atoms with Crippen LogP contribution in [0, 0.1) is 11.7 Å². The Bertz CT molecular complexity index is 1250. The van der Waals surface area contributed by atoms with Crippen LogP contribution in [0.1, 0.15) is 41.7 Å². The minimum atomic E-state index is -0.543. The second kappa shape index (κ2) is 9.65. The van der Waals surface area contributed by atoms with Gasteiger partial charge in [-0.2, -0.15) is 5.10 Å². The van der Waals surface area contributed by atoms with E-state index in [1.54, 1.807) is 12.1 Å². The Kier molecular flexibility index (Phi) is 6.42. The fraction of sp³-hybridized carbons (Fsp3) is 0.360. The van der Waals surface area contributed by atoms with Crippen molar-refractivity contribution in [2.75, 3.05) is 7.11 Å². The Labute approximate surface area is 206 Å². The number of amides is 2. The summed E-state index contributed by atoms with van der Waals surface area (Å²) in [7, 11) is 1.45. The van der Waals surface area contributed by atoms with Gasteiger partial charge < -0.3 is 15.0 Å². The standard InChI is InChI=1S/C25H25ClFN5O3/c1-35-23-10-19(20(27)13-28-23)21-11-22(31-30-21)25(34)32-17-5-6-18(32)9-15(8-17)24(33)29-12-14-3-2-4-16(26)7-14/h2-4,7,10-11,13,15,17-18H,5-6,8-9,12H2,1H3,(H,29,33)(H,30,31)/t15-,17-,18?/m1/s1. The van der Waals surface area contributed by atoms with E-state index in [0.29, 0.717) is 30.1 Å². The highest BCUT2D eigenvalue weighted by molar-refractivity contribution is 6.30. The van der Waals surface area contributed by atoms with E-state index in [2.05, 4.69) is 20.5 Å². The number of aromatic amines is 1. The lowest BCUT2D eigenvalue weighted by molar-refractivity contribution is -0.127. The van der Waals surface area contributed by atoms with Crippen molar-refractivity contribution in [1.29, 1.82) is 0 Å². The minimum absolute atomic E-state index is 0.00172. The molecule has 0 spiro atoms. The van der Waals surface area contributed by atoms with Crippen molar-refractivity contribution >= 4 is 23.4 Å². The maximum absolute atomic E-state index is 14.3. The highest BCUT2D eigenvalue weighted by atomic mass is 35.5. The summed E-state index contributed by atoms with van der Waals surface area (Å²) < 4.78 is 19.4. The molecule has 2 fully saturated rings. The van der Waals surface area contributed by atoms with Gasteiger partial charge in [0.2, 0.25) is 11.8 Å². The van der Waals surface area contributed by atoms with E-state index in [1.165, 1.54) is 13.2 Å². The maximum atomic E-state index is 14.3. The number of benzene rings is 1. The average Bonchev–Trinajstić information content (AvgIpc) is 3.45. The molecule has 2 aliphatic rings. The number of rotatable bonds is 6. The van der Waals surface area contributed by atoms with Gasteiger partial charge in [0.05, 0.1) is 19.0 Å². The van der Waals surface area contributed by atoms with Crippen molar-refractivity contribution in [2.24, 2.45) is 5.92 Å². The number of nitrogens with one attached hydrogen (secondary N) is 2. The van der Waals surface area contributed by atoms with Crippen molar-refractivity contribution < 1.29 is 18.7 Å². The van der Waals surface area contributed by atoms with Crippen LogP contribution >= 0.6 is 11.6 Å². The summed E-state index contributed by atoms with van der Waals surface area (Å²) in [6.45, 7) is 0.417. The van der Waals surface area contributed by atoms with Crippen molar-refractivity contribution in [3.63, 3.8) is 0 Å². The number of H-pyrrole nitrogens is 1. The number of carbonyl (C=O) groups excluding carboxylic acids is 2. The Hall–Kier alpha value is -3.46. The molecule has 3 aromatic rings. The van der Waals surface area contributed by atoms with Crippen molar-refractivity contribution in [2.45, 2.75) is 44.3 Å². The fourth-order valence-corrected chi connectivity index (χ4v) is 5.36. The van der Waals surface area contributed by atoms with E-state index in [1.807, 2.05) is 23.1 Å². The number of nitrogens with zero attached hydrogens (tertiary/aromatic N) is 3. The van der Waals surface area contributed by atoms with Gasteiger partial charge in [-0.05, 0) is 49.4 Å². The van der Waals surface area contributed by atoms with E-state index in [4.69, 9.17) is 16.3 Å². The van der Waals surface area contributed by atoms with E-state index >= 15 is 0 Å². The SMILES string of the molecule is COc1cc(-c2cc(C(=O)N3C4CC[C@@H]3C[C@@H](C(=O)NCc3cccc(Cl)c3)C4)n[nH]2)c(F)cn1. The molecule has 35 heavy (non-hydrogen) atoms. The summed E-state index contributed by atoms with van der Waals surface area (Å²) in [5.74, 6) is -0.642. The Morgan fingerprint density at radius 3 is 2.71 bits per heavy atom. The summed E-state index contributed by atoms with van der Waals surface area (Å²) in [6, 6.07) is 10.3. The molecule has 1 aromatic carbocycles. The number of hydrogen-bond donors (Lipinski definition) is 2. The average molecular weight is 498 g/mol. The molecule has 4 heterocycles. The molecule has 1 unspecified atom stereocenters. The van der Waals surface area contributed by atoms with Gasteiger partial charge in [-0.1, -0.05) is 23.7 Å². The third kappa shape index (κ3) is 4.73. The summed E-state index contributed by atoms with van der Waals surface area (Å²) in [6.07, 6.45) is 3.98. The zero-order valence-electron chi connectivity index (χ0n) is 19.1. The molecular formula is C25H25ClFN5O3. The molecule has 2 aliphatic heterocycles. The van der Waals surface area contributed by atoms with Crippen molar-refractivity contribution in [1.82, 2.24) is 25.4 Å². The lowest BCUT2D eigenvalue weighted by atomic mass is 9.89. The van der Waals surface area contributed by atoms with Crippen molar-refractivity contribution in [3.05, 3.63) is 64.7 Å². The van der Waals surface area contributed by atoms with Crippen LogP contribution in [0.15, 0.2) is 42.6 Å². The van der Waals surface area contributed by atoms with Crippen LogP contribution in [0.2, 0.25) is 5.02 Å². The summed E-state index contributed by atoms with van der Waals surface area (Å²) >= 11 is 6.02. The summed E-state index contributed by atoms with van der Waals surface area (Å²) in [4.78, 5) is 31.9. The number of ether oxygens (including phenoxy) is 1. The number of halogens is 2. The molecule has 0 radical (unpaired) electrons. The first-order valence-electron chi connectivity index (χ1n) is 11.5. The molecule has 5 rings (SSSR count). The molecule has 0 saturated carbocycles. The van der Waals surface area contributed by atoms with E-state index in [0.717, 1.165) is 24.6 Å². The van der Waals surface area contributed by atoms with Crippen LogP contribution in [-0.2, 0) is 11.3 Å². The van der Waals surface area contributed by atoms with Gasteiger partial charge >= 0.3 is 0 Å². The molecule has 2 saturated heterocycles. The van der Waals surface area contributed by atoms with Gasteiger partial charge in [0.15, 0.2) is 11.5 Å². The second-order valence-electron chi connectivity index (χ2n) is 8.99. The van der Waals surface area contributed by atoms with Gasteiger partial charge in [0, 0.05) is 41.2 Å². The van der Waals surface area contributed by atoms with E-state index in [-0.39, 0.29) is 47.0 Å². The predicted octanol–water partition coefficient (Wildman–Crippen LogP) is 3.97. The molecule has 2 aromatic heterocycles. The van der Waals surface area contributed by atoms with Gasteiger partial charge in [-0.15, -0.1) is 0 Å². The van der Waals surface area contributed by atoms with Gasteiger partial charge in [-0.3, -0.25) is 14.7 Å². The number of methoxy groups -OCH3 is 1. The largest absolute Gasteiger partial charge is 0.481 e. The number of carbonyl (C=O) groups is 2. The van der Waals surface area contributed by atoms with E-state index < -0.39 is 5.82 Å². The first-order valence-corrected chi connectivity index (χ1v) is 11.9. The molecular weight excluding hydrogens is 473 g/mol. The first-order chi connectivity index (χ1) is 16.9. The zero-order valence-corrected chi connectivity index (χ0v) is 19.9. The third-order valence-corrected chi connectivity index (χ3v) is 7.06. The molecule has 2 amide bonds. The Balaban J connectivity index is 1.25. The topological polar surface area (TPSA) is 100 Å². The molecule has 10 heteroatoms. The highest BCUT2D eigenvalue weighted by Gasteiger charge is 2.45. The van der Waals surface area contributed by atoms with Crippen LogP contribution in [0.3, 0.4) is 0 Å². The highest BCUT2D eigenvalue weighted by Crippen LogP contribution is 2.40. The van der Waals surface area contributed by atoms with Gasteiger partial charge in [0.1, 0.15) is 0 Å². The lowest BCUT2D eigenvalue weighted by Crippen LogP contribution is -2.49. The summed E-state index contributed by atoms with van der Waals surface area (Å²) in [5.41, 5.74) is 1.76. The number of hydrogen-bond acceptors (Lipinski definition) is 5. The number of pyridine rings is 1. The summed E-state index contributed by atoms with van der Waals surface area (Å²) in [5, 5.41) is 10.5. The number of aromatic nitrogens is 3. The predicted molar refractivity (Wildman–Crippen MR) is 127 cm³/mol. The Morgan fingerprint density at radius 2 is 2.00 bits per heavy atom.